The number of carbonyl (C=O) groups is 1. The molecule has 1 aliphatic rings. The van der Waals surface area contributed by atoms with Crippen LogP contribution in [0.25, 0.3) is 10.5 Å². The number of nitrogens with zero attached hydrogens (tertiary/aromatic N) is 5. The van der Waals surface area contributed by atoms with Crippen LogP contribution in [0.1, 0.15) is 39.3 Å². The Labute approximate surface area is 184 Å². The average molecular weight is 439 g/mol. The van der Waals surface area contributed by atoms with E-state index in [1.54, 1.807) is 25.7 Å². The molecule has 0 saturated carbocycles. The van der Waals surface area contributed by atoms with E-state index in [0.29, 0.717) is 25.9 Å². The van der Waals surface area contributed by atoms with Gasteiger partial charge in [-0.3, -0.25) is 4.79 Å². The van der Waals surface area contributed by atoms with Crippen LogP contribution in [0, 0.1) is 23.7 Å². The summed E-state index contributed by atoms with van der Waals surface area (Å²) < 4.78 is 26.0. The first-order valence-electron chi connectivity index (χ1n) is 9.97. The Kier molecular flexibility index (Phi) is 6.45. The van der Waals surface area contributed by atoms with Gasteiger partial charge < -0.3 is 14.4 Å². The number of benzene rings is 1. The number of nitriles is 1. The molecule has 0 N–H and O–H groups in total. The van der Waals surface area contributed by atoms with Crippen LogP contribution in [0.4, 0.5) is 14.9 Å². The average Bonchev–Trinajstić information content (AvgIpc) is 2.73. The summed E-state index contributed by atoms with van der Waals surface area (Å²) in [5.41, 5.74) is -1.41. The smallest absolute Gasteiger partial charge is 0.410 e. The van der Waals surface area contributed by atoms with Gasteiger partial charge >= 0.3 is 6.09 Å². The lowest BCUT2D eigenvalue weighted by Crippen LogP contribution is -2.44. The molecule has 32 heavy (non-hydrogen) atoms. The lowest BCUT2D eigenvalue weighted by molar-refractivity contribution is 0.0126. The number of aromatic nitrogens is 2. The zero-order valence-corrected chi connectivity index (χ0v) is 18.0. The first-order valence-corrected chi connectivity index (χ1v) is 9.97. The Morgan fingerprint density at radius 1 is 1.31 bits per heavy atom. The van der Waals surface area contributed by atoms with Crippen LogP contribution in [0.5, 0.6) is 5.75 Å². The maximum absolute atomic E-state index is 13.9. The second kappa shape index (κ2) is 9.06. The molecule has 0 aliphatic carbocycles. The highest BCUT2D eigenvalue weighted by Gasteiger charge is 2.28. The second-order valence-electron chi connectivity index (χ2n) is 8.25. The standard InChI is InChI=1S/C22H22FN5O4/c1-22(2,3)32-21(30)27-9-7-15(8-10-27)31-19-12-20(29)28(26-18(19)13-24)14-5-6-17(25-4)16(23)11-14/h5-6,11-12,15H,7-10H2,1-3H3. The summed E-state index contributed by atoms with van der Waals surface area (Å²) in [6.07, 6.45) is 0.287. The summed E-state index contributed by atoms with van der Waals surface area (Å²) >= 11 is 0. The molecular formula is C22H22FN5O4. The number of piperidine rings is 1. The van der Waals surface area contributed by atoms with E-state index in [1.165, 1.54) is 12.1 Å². The molecule has 1 aromatic heterocycles. The van der Waals surface area contributed by atoms with Crippen LogP contribution >= 0.6 is 0 Å². The van der Waals surface area contributed by atoms with Gasteiger partial charge in [0.25, 0.3) is 5.56 Å². The maximum atomic E-state index is 13.9. The molecule has 1 amide bonds. The minimum absolute atomic E-state index is 0.0303. The molecule has 2 heterocycles. The van der Waals surface area contributed by atoms with Crippen molar-refractivity contribution in [3.8, 4) is 17.5 Å². The van der Waals surface area contributed by atoms with E-state index in [1.807, 2.05) is 6.07 Å². The topological polar surface area (TPSA) is 102 Å². The van der Waals surface area contributed by atoms with E-state index in [9.17, 15) is 19.2 Å². The van der Waals surface area contributed by atoms with Gasteiger partial charge in [-0.1, -0.05) is 6.07 Å². The van der Waals surface area contributed by atoms with Gasteiger partial charge in [-0.25, -0.2) is 14.0 Å². The summed E-state index contributed by atoms with van der Waals surface area (Å²) in [6.45, 7) is 13.1. The van der Waals surface area contributed by atoms with Crippen LogP contribution in [0.15, 0.2) is 29.1 Å². The van der Waals surface area contributed by atoms with Crippen molar-refractivity contribution in [3.05, 3.63) is 57.5 Å². The molecular weight excluding hydrogens is 417 g/mol. The lowest BCUT2D eigenvalue weighted by Gasteiger charge is -2.33. The molecule has 2 aromatic rings. The molecule has 0 bridgehead atoms. The van der Waals surface area contributed by atoms with Gasteiger partial charge in [0.1, 0.15) is 23.6 Å². The van der Waals surface area contributed by atoms with Crippen molar-refractivity contribution >= 4 is 11.8 Å². The predicted octanol–water partition coefficient (Wildman–Crippen LogP) is 3.57. The first-order chi connectivity index (χ1) is 15.1. The fourth-order valence-electron chi connectivity index (χ4n) is 3.17. The van der Waals surface area contributed by atoms with Gasteiger partial charge in [-0.05, 0) is 32.9 Å². The van der Waals surface area contributed by atoms with Gasteiger partial charge in [0.05, 0.1) is 18.3 Å². The molecule has 0 unspecified atom stereocenters. The van der Waals surface area contributed by atoms with E-state index >= 15 is 0 Å². The van der Waals surface area contributed by atoms with Crippen molar-refractivity contribution in [1.29, 1.82) is 5.26 Å². The third-order valence-electron chi connectivity index (χ3n) is 4.69. The van der Waals surface area contributed by atoms with Gasteiger partial charge in [0.15, 0.2) is 5.75 Å². The van der Waals surface area contributed by atoms with E-state index in [4.69, 9.17) is 16.0 Å². The highest BCUT2D eigenvalue weighted by Crippen LogP contribution is 2.23. The molecule has 0 spiro atoms. The number of carbonyl (C=O) groups excluding carboxylic acids is 1. The summed E-state index contributed by atoms with van der Waals surface area (Å²) in [5.74, 6) is -0.760. The third-order valence-corrected chi connectivity index (χ3v) is 4.69. The van der Waals surface area contributed by atoms with Crippen molar-refractivity contribution < 1.29 is 18.7 Å². The number of likely N-dealkylation sites (tertiary alicyclic amines) is 1. The van der Waals surface area contributed by atoms with E-state index in [0.717, 1.165) is 16.8 Å². The monoisotopic (exact) mass is 439 g/mol. The third kappa shape index (κ3) is 5.22. The Morgan fingerprint density at radius 2 is 2.00 bits per heavy atom. The van der Waals surface area contributed by atoms with Crippen molar-refractivity contribution in [2.24, 2.45) is 0 Å². The number of ether oxygens (including phenoxy) is 2. The first kappa shape index (κ1) is 22.8. The number of hydrogen-bond acceptors (Lipinski definition) is 6. The zero-order chi connectivity index (χ0) is 23.5. The lowest BCUT2D eigenvalue weighted by atomic mass is 10.1. The molecule has 0 atom stereocenters. The van der Waals surface area contributed by atoms with Gasteiger partial charge in [-0.2, -0.15) is 9.94 Å². The van der Waals surface area contributed by atoms with E-state index < -0.39 is 23.1 Å². The predicted molar refractivity (Wildman–Crippen MR) is 112 cm³/mol. The quantitative estimate of drug-likeness (QED) is 0.678. The van der Waals surface area contributed by atoms with Crippen LogP contribution in [0.2, 0.25) is 0 Å². The van der Waals surface area contributed by atoms with E-state index in [2.05, 4.69) is 9.94 Å². The fourth-order valence-corrected chi connectivity index (χ4v) is 3.17. The summed E-state index contributed by atoms with van der Waals surface area (Å²) in [5, 5.41) is 13.5. The molecule has 0 radical (unpaired) electrons. The number of hydrogen-bond donors (Lipinski definition) is 0. The SMILES string of the molecule is [C-]#[N+]c1ccc(-n2nc(C#N)c(OC3CCN(C(=O)OC(C)(C)C)CC3)cc2=O)cc1F. The van der Waals surface area contributed by atoms with Crippen molar-refractivity contribution in [2.45, 2.75) is 45.3 Å². The van der Waals surface area contributed by atoms with Gasteiger partial charge in [-0.15, -0.1) is 5.10 Å². The Morgan fingerprint density at radius 3 is 2.56 bits per heavy atom. The summed E-state index contributed by atoms with van der Waals surface area (Å²) in [6, 6.07) is 6.64. The fraction of sp³-hybridized carbons (Fsp3) is 0.409. The number of amides is 1. The molecule has 10 heteroatoms. The normalized spacial score (nSPS) is 14.4. The zero-order valence-electron chi connectivity index (χ0n) is 18.0. The van der Waals surface area contributed by atoms with E-state index in [-0.39, 0.29) is 28.9 Å². The molecule has 1 fully saturated rings. The maximum Gasteiger partial charge on any atom is 0.410 e. The largest absolute Gasteiger partial charge is 0.487 e. The highest BCUT2D eigenvalue weighted by molar-refractivity contribution is 5.68. The Bertz CT molecular complexity index is 1160. The molecule has 1 saturated heterocycles. The molecule has 3 rings (SSSR count). The Hall–Kier alpha value is -3.92. The van der Waals surface area contributed by atoms with Gasteiger partial charge in [0, 0.05) is 25.9 Å². The van der Waals surface area contributed by atoms with Crippen molar-refractivity contribution in [1.82, 2.24) is 14.7 Å². The molecule has 166 valence electrons. The minimum Gasteiger partial charge on any atom is -0.487 e. The van der Waals surface area contributed by atoms with Crippen LogP contribution in [0.3, 0.4) is 0 Å². The molecule has 1 aromatic carbocycles. The van der Waals surface area contributed by atoms with Gasteiger partial charge in [0.2, 0.25) is 11.4 Å². The number of halogens is 1. The highest BCUT2D eigenvalue weighted by atomic mass is 19.1. The van der Waals surface area contributed by atoms with Crippen LogP contribution < -0.4 is 10.3 Å². The summed E-state index contributed by atoms with van der Waals surface area (Å²) in [4.78, 5) is 29.4. The molecule has 1 aliphatic heterocycles. The van der Waals surface area contributed by atoms with Crippen molar-refractivity contribution in [2.75, 3.05) is 13.1 Å². The Balaban J connectivity index is 1.74. The molecule has 9 nitrogen and oxygen atoms in total. The van der Waals surface area contributed by atoms with Crippen LogP contribution in [-0.4, -0.2) is 45.6 Å². The second-order valence-corrected chi connectivity index (χ2v) is 8.25. The van der Waals surface area contributed by atoms with Crippen LogP contribution in [-0.2, 0) is 4.74 Å². The summed E-state index contributed by atoms with van der Waals surface area (Å²) in [7, 11) is 0. The van der Waals surface area contributed by atoms with Crippen molar-refractivity contribution in [3.63, 3.8) is 0 Å². The minimum atomic E-state index is -0.790. The number of rotatable bonds is 3.